The molecule has 0 spiro atoms. The van der Waals surface area contributed by atoms with Gasteiger partial charge in [-0.1, -0.05) is 0 Å². The largest absolute Gasteiger partial charge is 0.461 e. The van der Waals surface area contributed by atoms with Crippen molar-refractivity contribution >= 4 is 5.97 Å². The molecule has 3 aliphatic carbocycles. The maximum atomic E-state index is 12.0. The maximum Gasteiger partial charge on any atom is 0.356 e. The summed E-state index contributed by atoms with van der Waals surface area (Å²) in [6.07, 6.45) is 4.87. The Kier molecular flexibility index (Phi) is 2.45. The third kappa shape index (κ3) is 1.50. The van der Waals surface area contributed by atoms with E-state index in [4.69, 9.17) is 4.74 Å². The highest BCUT2D eigenvalue weighted by molar-refractivity contribution is 5.90. The molecule has 0 amide bonds. The third-order valence-corrected chi connectivity index (χ3v) is 4.10. The first-order chi connectivity index (χ1) is 8.22. The van der Waals surface area contributed by atoms with E-state index in [1.165, 1.54) is 31.2 Å². The predicted molar refractivity (Wildman–Crippen MR) is 63.1 cm³/mol. The van der Waals surface area contributed by atoms with Gasteiger partial charge in [-0.15, -0.1) is 0 Å². The predicted octanol–water partition coefficient (Wildman–Crippen LogP) is 2.35. The van der Waals surface area contributed by atoms with Crippen molar-refractivity contribution in [1.82, 2.24) is 9.78 Å². The standard InChI is InChI=1S/C13H18N2O2/c1-3-17-13(16)12-10-8-4-6-9(7-5-8)11(10)14-15(12)2/h8-9H,3-7H2,1-2H3. The van der Waals surface area contributed by atoms with E-state index >= 15 is 0 Å². The topological polar surface area (TPSA) is 44.1 Å². The van der Waals surface area contributed by atoms with Crippen LogP contribution < -0.4 is 0 Å². The minimum Gasteiger partial charge on any atom is -0.461 e. The van der Waals surface area contributed by atoms with E-state index in [0.29, 0.717) is 24.1 Å². The summed E-state index contributed by atoms with van der Waals surface area (Å²) in [5.41, 5.74) is 3.04. The fourth-order valence-electron chi connectivity index (χ4n) is 3.36. The van der Waals surface area contributed by atoms with Gasteiger partial charge in [-0.2, -0.15) is 5.10 Å². The summed E-state index contributed by atoms with van der Waals surface area (Å²) in [4.78, 5) is 12.0. The van der Waals surface area contributed by atoms with Crippen molar-refractivity contribution in [3.8, 4) is 0 Å². The average Bonchev–Trinajstić information content (AvgIpc) is 2.69. The van der Waals surface area contributed by atoms with Crippen LogP contribution in [0.4, 0.5) is 0 Å². The Bertz CT molecular complexity index is 456. The van der Waals surface area contributed by atoms with Crippen molar-refractivity contribution in [3.63, 3.8) is 0 Å². The molecule has 0 unspecified atom stereocenters. The Hall–Kier alpha value is -1.32. The lowest BCUT2D eigenvalue weighted by Crippen LogP contribution is -2.23. The first-order valence-corrected chi connectivity index (χ1v) is 6.46. The van der Waals surface area contributed by atoms with Crippen LogP contribution in [0.25, 0.3) is 0 Å². The molecular weight excluding hydrogens is 216 g/mol. The Balaban J connectivity index is 2.08. The van der Waals surface area contributed by atoms with Crippen LogP contribution in [0.1, 0.15) is 66.2 Å². The zero-order valence-electron chi connectivity index (χ0n) is 10.4. The van der Waals surface area contributed by atoms with Crippen molar-refractivity contribution in [3.05, 3.63) is 17.0 Å². The second-order valence-corrected chi connectivity index (χ2v) is 5.04. The summed E-state index contributed by atoms with van der Waals surface area (Å²) >= 11 is 0. The van der Waals surface area contributed by atoms with Gasteiger partial charge < -0.3 is 4.74 Å². The van der Waals surface area contributed by atoms with E-state index in [1.54, 1.807) is 4.68 Å². The molecule has 4 heteroatoms. The number of aromatic nitrogens is 2. The number of esters is 1. The molecule has 0 radical (unpaired) electrons. The van der Waals surface area contributed by atoms with Gasteiger partial charge in [-0.05, 0) is 38.5 Å². The summed E-state index contributed by atoms with van der Waals surface area (Å²) in [6, 6.07) is 0. The van der Waals surface area contributed by atoms with Gasteiger partial charge in [0.1, 0.15) is 5.69 Å². The summed E-state index contributed by atoms with van der Waals surface area (Å²) in [7, 11) is 1.85. The lowest BCUT2D eigenvalue weighted by Gasteiger charge is -2.35. The molecule has 1 fully saturated rings. The molecular formula is C13H18N2O2. The van der Waals surface area contributed by atoms with Gasteiger partial charge in [0.25, 0.3) is 0 Å². The SMILES string of the molecule is CCOC(=O)c1c2c(nn1C)C1CCC2CC1. The van der Waals surface area contributed by atoms with E-state index in [-0.39, 0.29) is 5.97 Å². The molecule has 1 aromatic heterocycles. The number of carbonyl (C=O) groups excluding carboxylic acids is 1. The molecule has 1 saturated carbocycles. The van der Waals surface area contributed by atoms with Crippen molar-refractivity contribution in [2.24, 2.45) is 7.05 Å². The van der Waals surface area contributed by atoms with Crippen LogP contribution in [0.3, 0.4) is 0 Å². The number of aryl methyl sites for hydroxylation is 1. The van der Waals surface area contributed by atoms with Crippen LogP contribution in [0.2, 0.25) is 0 Å². The van der Waals surface area contributed by atoms with Crippen molar-refractivity contribution in [2.75, 3.05) is 6.61 Å². The van der Waals surface area contributed by atoms with Crippen molar-refractivity contribution in [2.45, 2.75) is 44.4 Å². The number of nitrogens with zero attached hydrogens (tertiary/aromatic N) is 2. The van der Waals surface area contributed by atoms with Crippen LogP contribution in [0.5, 0.6) is 0 Å². The second-order valence-electron chi connectivity index (χ2n) is 5.04. The summed E-state index contributed by atoms with van der Waals surface area (Å²) in [5.74, 6) is 0.892. The molecule has 0 atom stereocenters. The third-order valence-electron chi connectivity index (χ3n) is 4.10. The van der Waals surface area contributed by atoms with Gasteiger partial charge in [-0.25, -0.2) is 4.79 Å². The lowest BCUT2D eigenvalue weighted by atomic mass is 9.69. The van der Waals surface area contributed by atoms with Gasteiger partial charge in [0.15, 0.2) is 0 Å². The molecule has 3 aliphatic rings. The van der Waals surface area contributed by atoms with Gasteiger partial charge >= 0.3 is 5.97 Å². The Morgan fingerprint density at radius 1 is 1.35 bits per heavy atom. The average molecular weight is 234 g/mol. The Morgan fingerprint density at radius 3 is 2.65 bits per heavy atom. The molecule has 0 aliphatic heterocycles. The second kappa shape index (κ2) is 3.86. The van der Waals surface area contributed by atoms with Crippen LogP contribution in [0, 0.1) is 0 Å². The van der Waals surface area contributed by atoms with Crippen molar-refractivity contribution < 1.29 is 9.53 Å². The quantitative estimate of drug-likeness (QED) is 0.738. The minimum atomic E-state index is -0.212. The molecule has 17 heavy (non-hydrogen) atoms. The van der Waals surface area contributed by atoms with Gasteiger partial charge in [0.05, 0.1) is 12.3 Å². The first kappa shape index (κ1) is 10.8. The molecule has 4 rings (SSSR count). The monoisotopic (exact) mass is 234 g/mol. The molecule has 92 valence electrons. The Labute approximate surface area is 101 Å². The zero-order valence-corrected chi connectivity index (χ0v) is 10.4. The molecule has 4 nitrogen and oxygen atoms in total. The molecule has 0 N–H and O–H groups in total. The zero-order chi connectivity index (χ0) is 12.0. The first-order valence-electron chi connectivity index (χ1n) is 6.46. The van der Waals surface area contributed by atoms with Crippen LogP contribution in [-0.2, 0) is 11.8 Å². The number of rotatable bonds is 2. The van der Waals surface area contributed by atoms with Gasteiger partial charge in [0, 0.05) is 18.5 Å². The van der Waals surface area contributed by atoms with E-state index in [9.17, 15) is 4.79 Å². The fraction of sp³-hybridized carbons (Fsp3) is 0.692. The highest BCUT2D eigenvalue weighted by Gasteiger charge is 2.39. The van der Waals surface area contributed by atoms with Crippen LogP contribution in [0.15, 0.2) is 0 Å². The summed E-state index contributed by atoms with van der Waals surface area (Å²) in [6.45, 7) is 2.26. The number of carbonyl (C=O) groups is 1. The number of hydrogen-bond donors (Lipinski definition) is 0. The smallest absolute Gasteiger partial charge is 0.356 e. The van der Waals surface area contributed by atoms with Crippen molar-refractivity contribution in [1.29, 1.82) is 0 Å². The Morgan fingerprint density at radius 2 is 2.00 bits per heavy atom. The maximum absolute atomic E-state index is 12.0. The summed E-state index contributed by atoms with van der Waals surface area (Å²) < 4.78 is 6.86. The highest BCUT2D eigenvalue weighted by Crippen LogP contribution is 2.49. The fourth-order valence-corrected chi connectivity index (χ4v) is 3.36. The molecule has 1 aromatic rings. The van der Waals surface area contributed by atoms with Crippen LogP contribution in [-0.4, -0.2) is 22.4 Å². The number of ether oxygens (including phenoxy) is 1. The number of fused-ring (bicyclic) bond motifs is 2. The normalized spacial score (nSPS) is 25.8. The van der Waals surface area contributed by atoms with Crippen LogP contribution >= 0.6 is 0 Å². The molecule has 2 bridgehead atoms. The van der Waals surface area contributed by atoms with E-state index in [2.05, 4.69) is 5.10 Å². The molecule has 0 saturated heterocycles. The van der Waals surface area contributed by atoms with E-state index in [1.807, 2.05) is 14.0 Å². The van der Waals surface area contributed by atoms with Gasteiger partial charge in [-0.3, -0.25) is 4.68 Å². The summed E-state index contributed by atoms with van der Waals surface area (Å²) in [5, 5.41) is 4.55. The van der Waals surface area contributed by atoms with E-state index in [0.717, 1.165) is 5.69 Å². The van der Waals surface area contributed by atoms with Gasteiger partial charge in [0.2, 0.25) is 0 Å². The highest BCUT2D eigenvalue weighted by atomic mass is 16.5. The minimum absolute atomic E-state index is 0.212. The van der Waals surface area contributed by atoms with E-state index < -0.39 is 0 Å². The number of hydrogen-bond acceptors (Lipinski definition) is 3. The molecule has 1 heterocycles. The molecule has 0 aromatic carbocycles. The lowest BCUT2D eigenvalue weighted by molar-refractivity contribution is 0.0511.